The number of rotatable bonds is 4. The Labute approximate surface area is 169 Å². The third kappa shape index (κ3) is 3.67. The van der Waals surface area contributed by atoms with Crippen LogP contribution in [0, 0.1) is 0 Å². The van der Waals surface area contributed by atoms with E-state index >= 15 is 0 Å². The van der Waals surface area contributed by atoms with E-state index in [1.54, 1.807) is 35.6 Å². The summed E-state index contributed by atoms with van der Waals surface area (Å²) in [6, 6.07) is 12.8. The van der Waals surface area contributed by atoms with Crippen molar-refractivity contribution in [2.45, 2.75) is 0 Å². The van der Waals surface area contributed by atoms with Gasteiger partial charge in [0, 0.05) is 29.9 Å². The summed E-state index contributed by atoms with van der Waals surface area (Å²) in [5.41, 5.74) is 3.01. The molecule has 1 saturated heterocycles. The first-order valence-electron chi connectivity index (χ1n) is 9.15. The minimum Gasteiger partial charge on any atom is -0.378 e. The summed E-state index contributed by atoms with van der Waals surface area (Å²) in [7, 11) is 0. The maximum absolute atomic E-state index is 12.6. The Morgan fingerprint density at radius 3 is 2.72 bits per heavy atom. The Morgan fingerprint density at radius 1 is 1.14 bits per heavy atom. The summed E-state index contributed by atoms with van der Waals surface area (Å²) in [5.74, 6) is 0.311. The number of hydrogen-bond donors (Lipinski definition) is 2. The average molecular weight is 407 g/mol. The van der Waals surface area contributed by atoms with Gasteiger partial charge in [-0.2, -0.15) is 5.21 Å². The number of fused-ring (bicyclic) bond motifs is 1. The Balaban J connectivity index is 1.32. The number of benzene rings is 2. The number of thiazole rings is 1. The van der Waals surface area contributed by atoms with E-state index in [2.05, 4.69) is 30.8 Å². The first-order chi connectivity index (χ1) is 14.3. The van der Waals surface area contributed by atoms with Gasteiger partial charge in [0.2, 0.25) is 5.82 Å². The molecule has 0 radical (unpaired) electrons. The van der Waals surface area contributed by atoms with Gasteiger partial charge in [0.1, 0.15) is 0 Å². The van der Waals surface area contributed by atoms with Crippen molar-refractivity contribution in [3.8, 4) is 11.4 Å². The monoisotopic (exact) mass is 407 g/mol. The van der Waals surface area contributed by atoms with Crippen LogP contribution in [0.5, 0.6) is 0 Å². The molecule has 5 rings (SSSR count). The molecule has 0 saturated carbocycles. The van der Waals surface area contributed by atoms with Crippen molar-refractivity contribution < 1.29 is 9.53 Å². The maximum Gasteiger partial charge on any atom is 0.255 e. The molecule has 146 valence electrons. The summed E-state index contributed by atoms with van der Waals surface area (Å²) in [6.07, 6.45) is 0. The predicted molar refractivity (Wildman–Crippen MR) is 110 cm³/mol. The van der Waals surface area contributed by atoms with Crippen LogP contribution in [0.4, 0.5) is 10.8 Å². The van der Waals surface area contributed by atoms with Crippen LogP contribution in [0.2, 0.25) is 0 Å². The zero-order chi connectivity index (χ0) is 19.6. The van der Waals surface area contributed by atoms with Crippen LogP contribution in [0.15, 0.2) is 42.5 Å². The second-order valence-electron chi connectivity index (χ2n) is 6.55. The molecule has 1 aliphatic heterocycles. The molecule has 3 heterocycles. The molecule has 10 heteroatoms. The van der Waals surface area contributed by atoms with E-state index in [0.717, 1.165) is 52.9 Å². The normalized spacial score (nSPS) is 14.3. The highest BCUT2D eigenvalue weighted by Gasteiger charge is 2.16. The highest BCUT2D eigenvalue weighted by atomic mass is 32.1. The van der Waals surface area contributed by atoms with Gasteiger partial charge in [-0.15, -0.1) is 10.2 Å². The van der Waals surface area contributed by atoms with Crippen LogP contribution in [-0.2, 0) is 4.74 Å². The third-order valence-corrected chi connectivity index (χ3v) is 5.75. The van der Waals surface area contributed by atoms with Crippen LogP contribution >= 0.6 is 11.3 Å². The molecule has 0 unspecified atom stereocenters. The maximum atomic E-state index is 12.6. The quantitative estimate of drug-likeness (QED) is 0.535. The number of aromatic nitrogens is 5. The molecule has 2 aromatic heterocycles. The highest BCUT2D eigenvalue weighted by Crippen LogP contribution is 2.31. The van der Waals surface area contributed by atoms with Gasteiger partial charge in [0.25, 0.3) is 5.91 Å². The fourth-order valence-corrected chi connectivity index (χ4v) is 4.19. The van der Waals surface area contributed by atoms with Crippen molar-refractivity contribution in [1.82, 2.24) is 25.6 Å². The molecule has 1 amide bonds. The number of hydrogen-bond acceptors (Lipinski definition) is 8. The Bertz CT molecular complexity index is 1140. The van der Waals surface area contributed by atoms with Gasteiger partial charge in [0.05, 0.1) is 23.4 Å². The zero-order valence-electron chi connectivity index (χ0n) is 15.3. The zero-order valence-corrected chi connectivity index (χ0v) is 16.1. The molecule has 1 fully saturated rings. The molecule has 0 spiro atoms. The fourth-order valence-electron chi connectivity index (χ4n) is 3.14. The number of tetrazole rings is 1. The first kappa shape index (κ1) is 17.7. The largest absolute Gasteiger partial charge is 0.378 e. The molecule has 0 atom stereocenters. The lowest BCUT2D eigenvalue weighted by Crippen LogP contribution is -2.36. The SMILES string of the molecule is O=C(Nc1ccc2nc(N3CCOCC3)sc2c1)c1ccc(-c2nn[nH]n2)cc1. The summed E-state index contributed by atoms with van der Waals surface area (Å²) in [4.78, 5) is 19.5. The number of ether oxygens (including phenoxy) is 1. The van der Waals surface area contributed by atoms with Crippen molar-refractivity contribution in [3.05, 3.63) is 48.0 Å². The standard InChI is InChI=1S/C19H17N7O2S/c27-18(13-3-1-12(2-4-13)17-22-24-25-23-17)20-14-5-6-15-16(11-14)29-19(21-15)26-7-9-28-10-8-26/h1-6,11H,7-10H2,(H,20,27)(H,22,23,24,25). The topological polar surface area (TPSA) is 109 Å². The molecule has 9 nitrogen and oxygen atoms in total. The molecule has 2 aromatic carbocycles. The van der Waals surface area contributed by atoms with Gasteiger partial charge in [-0.05, 0) is 35.5 Å². The molecule has 0 bridgehead atoms. The van der Waals surface area contributed by atoms with Crippen molar-refractivity contribution in [2.24, 2.45) is 0 Å². The second-order valence-corrected chi connectivity index (χ2v) is 7.55. The van der Waals surface area contributed by atoms with Gasteiger partial charge >= 0.3 is 0 Å². The number of anilines is 2. The number of H-pyrrole nitrogens is 1. The van der Waals surface area contributed by atoms with Crippen LogP contribution in [0.25, 0.3) is 21.6 Å². The summed E-state index contributed by atoms with van der Waals surface area (Å²) < 4.78 is 6.44. The Hall–Kier alpha value is -3.37. The molecule has 4 aromatic rings. The first-order valence-corrected chi connectivity index (χ1v) is 9.96. The lowest BCUT2D eigenvalue weighted by atomic mass is 10.1. The van der Waals surface area contributed by atoms with Crippen molar-refractivity contribution in [1.29, 1.82) is 0 Å². The van der Waals surface area contributed by atoms with Gasteiger partial charge in [0.15, 0.2) is 5.13 Å². The van der Waals surface area contributed by atoms with Crippen LogP contribution in [-0.4, -0.2) is 57.8 Å². The van der Waals surface area contributed by atoms with E-state index in [-0.39, 0.29) is 5.91 Å². The van der Waals surface area contributed by atoms with Gasteiger partial charge in [-0.3, -0.25) is 4.79 Å². The van der Waals surface area contributed by atoms with Crippen LogP contribution in [0.1, 0.15) is 10.4 Å². The predicted octanol–water partition coefficient (Wildman–Crippen LogP) is 2.57. The number of aromatic amines is 1. The van der Waals surface area contributed by atoms with Gasteiger partial charge < -0.3 is 15.0 Å². The Morgan fingerprint density at radius 2 is 1.97 bits per heavy atom. The average Bonchev–Trinajstić information content (AvgIpc) is 3.44. The number of carbonyl (C=O) groups is 1. The lowest BCUT2D eigenvalue weighted by Gasteiger charge is -2.25. The molecular formula is C19H17N7O2S. The minimum atomic E-state index is -0.179. The van der Waals surface area contributed by atoms with E-state index in [0.29, 0.717) is 11.4 Å². The number of nitrogens with one attached hydrogen (secondary N) is 2. The van der Waals surface area contributed by atoms with E-state index in [1.807, 2.05) is 18.2 Å². The van der Waals surface area contributed by atoms with E-state index in [4.69, 9.17) is 9.72 Å². The highest BCUT2D eigenvalue weighted by molar-refractivity contribution is 7.22. The van der Waals surface area contributed by atoms with Crippen LogP contribution in [0.3, 0.4) is 0 Å². The number of amides is 1. The van der Waals surface area contributed by atoms with Crippen molar-refractivity contribution in [2.75, 3.05) is 36.5 Å². The summed E-state index contributed by atoms with van der Waals surface area (Å²) >= 11 is 1.63. The number of morpholine rings is 1. The second kappa shape index (κ2) is 7.57. The lowest BCUT2D eigenvalue weighted by molar-refractivity contribution is 0.102. The molecule has 2 N–H and O–H groups in total. The molecule has 29 heavy (non-hydrogen) atoms. The van der Waals surface area contributed by atoms with Gasteiger partial charge in [-0.1, -0.05) is 23.5 Å². The molecular weight excluding hydrogens is 390 g/mol. The molecule has 1 aliphatic rings. The minimum absolute atomic E-state index is 0.179. The van der Waals surface area contributed by atoms with Crippen LogP contribution < -0.4 is 10.2 Å². The number of carbonyl (C=O) groups excluding carboxylic acids is 1. The Kier molecular flexibility index (Phi) is 4.62. The summed E-state index contributed by atoms with van der Waals surface area (Å²) in [5, 5.41) is 17.8. The van der Waals surface area contributed by atoms with E-state index in [9.17, 15) is 4.79 Å². The summed E-state index contributed by atoms with van der Waals surface area (Å²) in [6.45, 7) is 3.15. The third-order valence-electron chi connectivity index (χ3n) is 4.67. The number of nitrogens with zero attached hydrogens (tertiary/aromatic N) is 5. The van der Waals surface area contributed by atoms with E-state index in [1.165, 1.54) is 0 Å². The fraction of sp³-hybridized carbons (Fsp3) is 0.211. The smallest absolute Gasteiger partial charge is 0.255 e. The van der Waals surface area contributed by atoms with Crippen molar-refractivity contribution in [3.63, 3.8) is 0 Å². The van der Waals surface area contributed by atoms with Crippen molar-refractivity contribution >= 4 is 38.3 Å². The van der Waals surface area contributed by atoms with Gasteiger partial charge in [-0.25, -0.2) is 4.98 Å². The van der Waals surface area contributed by atoms with E-state index < -0.39 is 0 Å². The molecule has 0 aliphatic carbocycles.